The van der Waals surface area contributed by atoms with Crippen molar-refractivity contribution in [2.24, 2.45) is 0 Å². The van der Waals surface area contributed by atoms with E-state index in [2.05, 4.69) is 50.2 Å². The number of benzene rings is 2. The topological polar surface area (TPSA) is 17.1 Å². The van der Waals surface area contributed by atoms with Gasteiger partial charge in [0.05, 0.1) is 0 Å². The maximum absolute atomic E-state index is 13.0. The molecular formula is C23H26O. The molecule has 0 aromatic heterocycles. The zero-order valence-electron chi connectivity index (χ0n) is 14.8. The standard InChI is InChI=1S/C23H26O/c1-15(19-11-9-17-5-3-7-21(17)13-19)23(24)16(2)20-12-10-18-6-4-8-22(18)14-20/h9-16H,3-8H2,1-2H3. The number of ketones is 1. The maximum Gasteiger partial charge on any atom is 0.147 e. The molecule has 1 nitrogen and oxygen atoms in total. The Morgan fingerprint density at radius 2 is 1.12 bits per heavy atom. The van der Waals surface area contributed by atoms with Crippen LogP contribution in [0.15, 0.2) is 36.4 Å². The third-order valence-electron chi connectivity index (χ3n) is 6.10. The molecule has 0 saturated carbocycles. The molecule has 2 aromatic carbocycles. The molecule has 0 bridgehead atoms. The molecule has 0 heterocycles. The van der Waals surface area contributed by atoms with Gasteiger partial charge in [-0.25, -0.2) is 0 Å². The number of hydrogen-bond donors (Lipinski definition) is 0. The van der Waals surface area contributed by atoms with Gasteiger partial charge in [0.25, 0.3) is 0 Å². The second-order valence-corrected chi connectivity index (χ2v) is 7.61. The molecule has 0 aliphatic heterocycles. The number of rotatable bonds is 4. The summed E-state index contributed by atoms with van der Waals surface area (Å²) < 4.78 is 0. The van der Waals surface area contributed by atoms with Crippen LogP contribution in [0.25, 0.3) is 0 Å². The summed E-state index contributed by atoms with van der Waals surface area (Å²) in [5, 5.41) is 0. The van der Waals surface area contributed by atoms with Crippen molar-refractivity contribution in [3.05, 3.63) is 69.8 Å². The van der Waals surface area contributed by atoms with Crippen LogP contribution < -0.4 is 0 Å². The van der Waals surface area contributed by atoms with E-state index in [4.69, 9.17) is 0 Å². The second kappa shape index (κ2) is 6.20. The van der Waals surface area contributed by atoms with Crippen LogP contribution >= 0.6 is 0 Å². The van der Waals surface area contributed by atoms with Crippen molar-refractivity contribution in [2.45, 2.75) is 64.2 Å². The van der Waals surface area contributed by atoms with Crippen molar-refractivity contribution >= 4 is 5.78 Å². The summed E-state index contributed by atoms with van der Waals surface area (Å²) in [6.45, 7) is 4.14. The van der Waals surface area contributed by atoms with Crippen molar-refractivity contribution in [1.82, 2.24) is 0 Å². The van der Waals surface area contributed by atoms with Gasteiger partial charge in [-0.3, -0.25) is 4.79 Å². The van der Waals surface area contributed by atoms with E-state index in [0.717, 1.165) is 0 Å². The van der Waals surface area contributed by atoms with Crippen molar-refractivity contribution in [3.8, 4) is 0 Å². The van der Waals surface area contributed by atoms with E-state index in [-0.39, 0.29) is 11.8 Å². The molecule has 0 N–H and O–H groups in total. The largest absolute Gasteiger partial charge is 0.298 e. The van der Waals surface area contributed by atoms with Gasteiger partial charge >= 0.3 is 0 Å². The quantitative estimate of drug-likeness (QED) is 0.763. The van der Waals surface area contributed by atoms with Crippen molar-refractivity contribution in [1.29, 1.82) is 0 Å². The minimum atomic E-state index is -0.0286. The van der Waals surface area contributed by atoms with Gasteiger partial charge in [0.15, 0.2) is 0 Å². The number of carbonyl (C=O) groups excluding carboxylic acids is 1. The Kier molecular flexibility index (Phi) is 4.04. The van der Waals surface area contributed by atoms with Crippen LogP contribution in [0, 0.1) is 0 Å². The molecule has 2 aliphatic carbocycles. The monoisotopic (exact) mass is 318 g/mol. The number of fused-ring (bicyclic) bond motifs is 2. The smallest absolute Gasteiger partial charge is 0.147 e. The number of hydrogen-bond acceptors (Lipinski definition) is 1. The lowest BCUT2D eigenvalue weighted by Gasteiger charge is -2.18. The van der Waals surface area contributed by atoms with Crippen LogP contribution in [0.1, 0.15) is 71.9 Å². The molecule has 0 saturated heterocycles. The fraction of sp³-hybridized carbons (Fsp3) is 0.435. The predicted octanol–water partition coefficient (Wildman–Crippen LogP) is 5.14. The van der Waals surface area contributed by atoms with Crippen LogP contribution in [-0.4, -0.2) is 5.78 Å². The normalized spacial score (nSPS) is 18.1. The molecule has 2 aromatic rings. The van der Waals surface area contributed by atoms with E-state index in [1.165, 1.54) is 71.9 Å². The summed E-state index contributed by atoms with van der Waals surface area (Å²) >= 11 is 0. The summed E-state index contributed by atoms with van der Waals surface area (Å²) in [5.41, 5.74) is 8.24. The fourth-order valence-electron chi connectivity index (χ4n) is 4.43. The lowest BCUT2D eigenvalue weighted by Crippen LogP contribution is -2.17. The SMILES string of the molecule is CC(C(=O)C(C)c1ccc2c(c1)CCC2)c1ccc2c(c1)CCC2. The highest BCUT2D eigenvalue weighted by Gasteiger charge is 2.25. The summed E-state index contributed by atoms with van der Waals surface area (Å²) in [5.74, 6) is 0.282. The highest BCUT2D eigenvalue weighted by atomic mass is 16.1. The molecule has 4 rings (SSSR count). The van der Waals surface area contributed by atoms with E-state index in [1.807, 2.05) is 0 Å². The lowest BCUT2D eigenvalue weighted by atomic mass is 9.84. The first-order valence-electron chi connectivity index (χ1n) is 9.40. The molecule has 0 fully saturated rings. The van der Waals surface area contributed by atoms with Gasteiger partial charge in [0.2, 0.25) is 0 Å². The van der Waals surface area contributed by atoms with Gasteiger partial charge in [-0.1, -0.05) is 50.2 Å². The first kappa shape index (κ1) is 15.6. The average molecular weight is 318 g/mol. The minimum absolute atomic E-state index is 0.0286. The summed E-state index contributed by atoms with van der Waals surface area (Å²) in [6, 6.07) is 13.4. The van der Waals surface area contributed by atoms with Gasteiger partial charge in [0, 0.05) is 11.8 Å². The Balaban J connectivity index is 1.56. The van der Waals surface area contributed by atoms with Crippen molar-refractivity contribution < 1.29 is 4.79 Å². The summed E-state index contributed by atoms with van der Waals surface area (Å²) in [6.07, 6.45) is 7.25. The molecule has 2 aliphatic rings. The van der Waals surface area contributed by atoms with Gasteiger partial charge < -0.3 is 0 Å². The molecule has 24 heavy (non-hydrogen) atoms. The third-order valence-corrected chi connectivity index (χ3v) is 6.10. The third kappa shape index (κ3) is 2.70. The second-order valence-electron chi connectivity index (χ2n) is 7.61. The molecule has 0 radical (unpaired) electrons. The Labute approximate surface area is 145 Å². The van der Waals surface area contributed by atoms with Crippen molar-refractivity contribution in [2.75, 3.05) is 0 Å². The molecule has 2 atom stereocenters. The first-order chi connectivity index (χ1) is 11.6. The average Bonchev–Trinajstić information content (AvgIpc) is 3.26. The van der Waals surface area contributed by atoms with Crippen LogP contribution in [0.3, 0.4) is 0 Å². The van der Waals surface area contributed by atoms with Gasteiger partial charge in [-0.2, -0.15) is 0 Å². The van der Waals surface area contributed by atoms with E-state index in [9.17, 15) is 4.79 Å². The van der Waals surface area contributed by atoms with Gasteiger partial charge in [0.1, 0.15) is 5.78 Å². The summed E-state index contributed by atoms with van der Waals surface area (Å²) in [4.78, 5) is 13.0. The highest BCUT2D eigenvalue weighted by molar-refractivity contribution is 5.91. The van der Waals surface area contributed by atoms with Crippen molar-refractivity contribution in [3.63, 3.8) is 0 Å². The zero-order valence-corrected chi connectivity index (χ0v) is 14.8. The zero-order chi connectivity index (χ0) is 16.7. The van der Waals surface area contributed by atoms with Gasteiger partial charge in [-0.15, -0.1) is 0 Å². The number of Topliss-reactive ketones (excluding diaryl/α,β-unsaturated/α-hetero) is 1. The minimum Gasteiger partial charge on any atom is -0.298 e. The van der Waals surface area contributed by atoms with Gasteiger partial charge in [-0.05, 0) is 71.9 Å². The van der Waals surface area contributed by atoms with Crippen LogP contribution in [-0.2, 0) is 30.5 Å². The Bertz CT molecular complexity index is 721. The van der Waals surface area contributed by atoms with E-state index >= 15 is 0 Å². The molecule has 0 spiro atoms. The maximum atomic E-state index is 13.0. The molecule has 0 amide bonds. The highest BCUT2D eigenvalue weighted by Crippen LogP contribution is 2.32. The van der Waals surface area contributed by atoms with Crippen LogP contribution in [0.4, 0.5) is 0 Å². The number of carbonyl (C=O) groups is 1. The Hall–Kier alpha value is -1.89. The summed E-state index contributed by atoms with van der Waals surface area (Å²) in [7, 11) is 0. The molecular weight excluding hydrogens is 292 g/mol. The predicted molar refractivity (Wildman–Crippen MR) is 98.8 cm³/mol. The Morgan fingerprint density at radius 1 is 0.708 bits per heavy atom. The molecule has 2 unspecified atom stereocenters. The van der Waals surface area contributed by atoms with Crippen LogP contribution in [0.5, 0.6) is 0 Å². The van der Waals surface area contributed by atoms with E-state index in [0.29, 0.717) is 5.78 Å². The molecule has 1 heteroatoms. The Morgan fingerprint density at radius 3 is 1.58 bits per heavy atom. The number of aryl methyl sites for hydroxylation is 4. The van der Waals surface area contributed by atoms with E-state index in [1.54, 1.807) is 0 Å². The fourth-order valence-corrected chi connectivity index (χ4v) is 4.43. The lowest BCUT2D eigenvalue weighted by molar-refractivity contribution is -0.121. The van der Waals surface area contributed by atoms with E-state index < -0.39 is 0 Å². The van der Waals surface area contributed by atoms with Crippen LogP contribution in [0.2, 0.25) is 0 Å². The first-order valence-corrected chi connectivity index (χ1v) is 9.40. The molecule has 124 valence electrons.